The molecule has 7 nitrogen and oxygen atoms in total. The van der Waals surface area contributed by atoms with Crippen molar-refractivity contribution in [1.29, 1.82) is 0 Å². The lowest BCUT2D eigenvalue weighted by Gasteiger charge is -2.36. The van der Waals surface area contributed by atoms with Crippen LogP contribution in [0.3, 0.4) is 0 Å². The van der Waals surface area contributed by atoms with Gasteiger partial charge in [0.1, 0.15) is 0 Å². The number of carbonyl (C=O) groups is 1. The molecule has 0 unspecified atom stereocenters. The van der Waals surface area contributed by atoms with E-state index in [1.165, 1.54) is 0 Å². The van der Waals surface area contributed by atoms with Crippen molar-refractivity contribution in [2.75, 3.05) is 24.3 Å². The molecular weight excluding hydrogens is 426 g/mol. The van der Waals surface area contributed by atoms with Crippen LogP contribution in [0.25, 0.3) is 22.3 Å². The summed E-state index contributed by atoms with van der Waals surface area (Å²) in [7, 11) is 0. The monoisotopic (exact) mass is 451 g/mol. The highest BCUT2D eigenvalue weighted by Gasteiger charge is 2.41. The Morgan fingerprint density at radius 1 is 0.794 bits per heavy atom. The van der Waals surface area contributed by atoms with Gasteiger partial charge in [-0.25, -0.2) is 9.97 Å². The predicted octanol–water partition coefficient (Wildman–Crippen LogP) is 4.47. The molecule has 5 rings (SSSR count). The van der Waals surface area contributed by atoms with Crippen molar-refractivity contribution in [2.45, 2.75) is 18.3 Å². The minimum absolute atomic E-state index is 0.0176. The zero-order valence-corrected chi connectivity index (χ0v) is 18.6. The van der Waals surface area contributed by atoms with E-state index in [-0.39, 0.29) is 11.9 Å². The van der Waals surface area contributed by atoms with Gasteiger partial charge in [-0.1, -0.05) is 36.4 Å². The lowest BCUT2D eigenvalue weighted by atomic mass is 9.73. The van der Waals surface area contributed by atoms with Crippen LogP contribution in [0.1, 0.15) is 18.4 Å². The third-order valence-electron chi connectivity index (χ3n) is 6.38. The van der Waals surface area contributed by atoms with E-state index in [1.54, 1.807) is 24.8 Å². The van der Waals surface area contributed by atoms with Crippen LogP contribution >= 0.6 is 0 Å². The summed E-state index contributed by atoms with van der Waals surface area (Å²) in [6, 6.07) is 19.8. The fourth-order valence-corrected chi connectivity index (χ4v) is 4.38. The second-order valence-corrected chi connectivity index (χ2v) is 8.37. The molecule has 1 saturated heterocycles. The Kier molecular flexibility index (Phi) is 6.01. The molecule has 4 aromatic rings. The van der Waals surface area contributed by atoms with Gasteiger partial charge in [-0.05, 0) is 59.4 Å². The van der Waals surface area contributed by atoms with Gasteiger partial charge >= 0.3 is 0 Å². The van der Waals surface area contributed by atoms with E-state index in [1.807, 2.05) is 60.7 Å². The molecule has 34 heavy (non-hydrogen) atoms. The molecule has 0 radical (unpaired) electrons. The van der Waals surface area contributed by atoms with E-state index < -0.39 is 5.41 Å². The van der Waals surface area contributed by atoms with Gasteiger partial charge in [0, 0.05) is 49.3 Å². The molecule has 2 aromatic heterocycles. The quantitative estimate of drug-likeness (QED) is 0.464. The molecule has 0 aliphatic carbocycles. The zero-order chi connectivity index (χ0) is 23.4. The summed E-state index contributed by atoms with van der Waals surface area (Å²) in [4.78, 5) is 25.8. The first-order valence-electron chi connectivity index (χ1n) is 11.2. The number of anilines is 2. The molecule has 0 spiro atoms. The highest BCUT2D eigenvalue weighted by molar-refractivity contribution is 5.99. The van der Waals surface area contributed by atoms with Gasteiger partial charge in [0.25, 0.3) is 0 Å². The number of rotatable bonds is 5. The number of nitrogens with two attached hydrogens (primary N) is 1. The molecule has 3 N–H and O–H groups in total. The number of benzene rings is 2. The number of amides is 1. The molecule has 0 bridgehead atoms. The van der Waals surface area contributed by atoms with E-state index in [4.69, 9.17) is 10.5 Å². The standard InChI is InChI=1S/C27H25N5O2/c28-26-30-17-22(18-31-26)20-1-5-23(6-2-20)27(11-15-34-16-12-27)25(33)32-24-7-3-19(4-8-24)21-9-13-29-14-10-21/h1-10,13-14,17-18H,11-12,15-16H2,(H,32,33)(H2,28,30,31). The summed E-state index contributed by atoms with van der Waals surface area (Å²) < 4.78 is 5.60. The van der Waals surface area contributed by atoms with E-state index >= 15 is 0 Å². The van der Waals surface area contributed by atoms with Gasteiger partial charge in [-0.15, -0.1) is 0 Å². The highest BCUT2D eigenvalue weighted by atomic mass is 16.5. The van der Waals surface area contributed by atoms with Gasteiger partial charge in [0.05, 0.1) is 5.41 Å². The van der Waals surface area contributed by atoms with Crippen molar-refractivity contribution in [3.63, 3.8) is 0 Å². The maximum Gasteiger partial charge on any atom is 0.235 e. The Morgan fingerprint density at radius 2 is 1.35 bits per heavy atom. The molecule has 1 aliphatic heterocycles. The van der Waals surface area contributed by atoms with E-state index in [9.17, 15) is 4.79 Å². The molecule has 0 saturated carbocycles. The van der Waals surface area contributed by atoms with Crippen LogP contribution < -0.4 is 11.1 Å². The largest absolute Gasteiger partial charge is 0.381 e. The van der Waals surface area contributed by atoms with E-state index in [2.05, 4.69) is 20.3 Å². The summed E-state index contributed by atoms with van der Waals surface area (Å²) in [5.41, 5.74) is 10.7. The van der Waals surface area contributed by atoms with Crippen LogP contribution in [0.15, 0.2) is 85.5 Å². The number of ether oxygens (including phenoxy) is 1. The third kappa shape index (κ3) is 4.38. The Hall–Kier alpha value is -4.10. The highest BCUT2D eigenvalue weighted by Crippen LogP contribution is 2.37. The van der Waals surface area contributed by atoms with Gasteiger partial charge in [-0.3, -0.25) is 9.78 Å². The Morgan fingerprint density at radius 3 is 2.00 bits per heavy atom. The number of hydrogen-bond donors (Lipinski definition) is 2. The van der Waals surface area contributed by atoms with Crippen LogP contribution in [0.2, 0.25) is 0 Å². The second kappa shape index (κ2) is 9.41. The zero-order valence-electron chi connectivity index (χ0n) is 18.6. The molecule has 0 atom stereocenters. The number of nitrogens with one attached hydrogen (secondary N) is 1. The minimum atomic E-state index is -0.655. The number of carbonyl (C=O) groups excluding carboxylic acids is 1. The van der Waals surface area contributed by atoms with E-state index in [0.29, 0.717) is 26.1 Å². The number of aromatic nitrogens is 3. The van der Waals surface area contributed by atoms with E-state index in [0.717, 1.165) is 33.5 Å². The topological polar surface area (TPSA) is 103 Å². The minimum Gasteiger partial charge on any atom is -0.381 e. The Bertz CT molecular complexity index is 1250. The van der Waals surface area contributed by atoms with Crippen molar-refractivity contribution in [2.24, 2.45) is 0 Å². The number of hydrogen-bond acceptors (Lipinski definition) is 6. The lowest BCUT2D eigenvalue weighted by molar-refractivity contribution is -0.125. The fourth-order valence-electron chi connectivity index (χ4n) is 4.38. The van der Waals surface area contributed by atoms with Crippen LogP contribution in [0, 0.1) is 0 Å². The van der Waals surface area contributed by atoms with Crippen LogP contribution in [-0.2, 0) is 14.9 Å². The molecule has 1 amide bonds. The molecule has 2 aromatic carbocycles. The Balaban J connectivity index is 1.38. The summed E-state index contributed by atoms with van der Waals surface area (Å²) >= 11 is 0. The van der Waals surface area contributed by atoms with Crippen molar-refractivity contribution < 1.29 is 9.53 Å². The normalized spacial score (nSPS) is 14.9. The number of pyridine rings is 1. The maximum absolute atomic E-state index is 13.6. The number of nitrogen functional groups attached to an aromatic ring is 1. The average Bonchev–Trinajstić information content (AvgIpc) is 2.90. The summed E-state index contributed by atoms with van der Waals surface area (Å²) in [6.45, 7) is 1.09. The first-order valence-corrected chi connectivity index (χ1v) is 11.2. The second-order valence-electron chi connectivity index (χ2n) is 8.37. The van der Waals surface area contributed by atoms with Crippen molar-refractivity contribution in [3.8, 4) is 22.3 Å². The molecule has 1 fully saturated rings. The van der Waals surface area contributed by atoms with Crippen LogP contribution in [0.4, 0.5) is 11.6 Å². The predicted molar refractivity (Wildman–Crippen MR) is 132 cm³/mol. The van der Waals surface area contributed by atoms with Crippen molar-refractivity contribution >= 4 is 17.5 Å². The molecular formula is C27H25N5O2. The molecule has 3 heterocycles. The smallest absolute Gasteiger partial charge is 0.235 e. The Labute approximate surface area is 198 Å². The van der Waals surface area contributed by atoms with Gasteiger partial charge in [0.15, 0.2) is 0 Å². The van der Waals surface area contributed by atoms with Crippen LogP contribution in [0.5, 0.6) is 0 Å². The lowest BCUT2D eigenvalue weighted by Crippen LogP contribution is -2.44. The SMILES string of the molecule is Nc1ncc(-c2ccc(C3(C(=O)Nc4ccc(-c5ccncc5)cc4)CCOCC3)cc2)cn1. The van der Waals surface area contributed by atoms with Crippen molar-refractivity contribution in [1.82, 2.24) is 15.0 Å². The summed E-state index contributed by atoms with van der Waals surface area (Å²) in [6.07, 6.45) is 8.18. The van der Waals surface area contributed by atoms with Gasteiger partial charge in [-0.2, -0.15) is 0 Å². The van der Waals surface area contributed by atoms with Gasteiger partial charge in [0.2, 0.25) is 11.9 Å². The van der Waals surface area contributed by atoms with Crippen molar-refractivity contribution in [3.05, 3.63) is 91.0 Å². The molecule has 170 valence electrons. The van der Waals surface area contributed by atoms with Gasteiger partial charge < -0.3 is 15.8 Å². The number of nitrogens with zero attached hydrogens (tertiary/aromatic N) is 3. The van der Waals surface area contributed by atoms with Crippen LogP contribution in [-0.4, -0.2) is 34.1 Å². The average molecular weight is 452 g/mol. The molecule has 1 aliphatic rings. The first kappa shape index (κ1) is 21.7. The summed E-state index contributed by atoms with van der Waals surface area (Å²) in [5, 5.41) is 3.14. The fraction of sp³-hybridized carbons (Fsp3) is 0.185. The molecule has 7 heteroatoms. The first-order chi connectivity index (χ1) is 16.6. The maximum atomic E-state index is 13.6. The summed E-state index contributed by atoms with van der Waals surface area (Å²) in [5.74, 6) is 0.225. The third-order valence-corrected chi connectivity index (χ3v) is 6.38.